The summed E-state index contributed by atoms with van der Waals surface area (Å²) in [4.78, 5) is 64.3. The minimum atomic E-state index is -2.33. The molecule has 7 aliphatic rings. The molecule has 402 valence electrons. The summed E-state index contributed by atoms with van der Waals surface area (Å²) >= 11 is 0. The lowest BCUT2D eigenvalue weighted by atomic mass is 9.44. The van der Waals surface area contributed by atoms with Crippen molar-refractivity contribution in [3.05, 3.63) is 23.8 Å². The Kier molecular flexibility index (Phi) is 19.3. The van der Waals surface area contributed by atoms with Gasteiger partial charge in [0.05, 0.1) is 58.5 Å². The quantitative estimate of drug-likeness (QED) is 0.0422. The summed E-state index contributed by atoms with van der Waals surface area (Å²) in [5.41, 5.74) is -6.78. The number of amides is 3. The van der Waals surface area contributed by atoms with Crippen LogP contribution in [-0.2, 0) is 47.5 Å². The molecule has 0 aromatic heterocycles. The molecule has 72 heavy (non-hydrogen) atoms. The number of ketones is 2. The van der Waals surface area contributed by atoms with Gasteiger partial charge < -0.3 is 54.2 Å². The van der Waals surface area contributed by atoms with Crippen molar-refractivity contribution in [2.45, 2.75) is 140 Å². The summed E-state index contributed by atoms with van der Waals surface area (Å²) in [5.74, 6) is 5.79. The lowest BCUT2D eigenvalue weighted by molar-refractivity contribution is -0.234. The number of alkyl carbamates (subject to hydrolysis) is 2. The summed E-state index contributed by atoms with van der Waals surface area (Å²) in [7, 11) is 2.98. The van der Waals surface area contributed by atoms with Gasteiger partial charge in [0.15, 0.2) is 29.9 Å². The van der Waals surface area contributed by atoms with Crippen LogP contribution in [0.25, 0.3) is 0 Å². The molecule has 1 heterocycles. The van der Waals surface area contributed by atoms with Crippen LogP contribution in [0.1, 0.15) is 98.8 Å². The molecule has 0 radical (unpaired) electrons. The molecule has 0 aromatic rings. The number of aliphatic hydroxyl groups is 1. The summed E-state index contributed by atoms with van der Waals surface area (Å²) in [5, 5.41) is 20.1. The molecule has 6 aliphatic carbocycles. The highest BCUT2D eigenvalue weighted by atomic mass is 33.1. The molecule has 1 saturated heterocycles. The van der Waals surface area contributed by atoms with E-state index < -0.39 is 93.7 Å². The number of nitrogens with one attached hydrogen (secondary N) is 3. The summed E-state index contributed by atoms with van der Waals surface area (Å²) in [6.07, 6.45) is 2.83. The largest absolute Gasteiger partial charge is 0.449 e. The maximum atomic E-state index is 17.8. The zero-order valence-corrected chi connectivity index (χ0v) is 44.0. The lowest BCUT2D eigenvalue weighted by Gasteiger charge is -2.63. The minimum Gasteiger partial charge on any atom is -0.449 e. The van der Waals surface area contributed by atoms with Crippen molar-refractivity contribution in [1.82, 2.24) is 16.0 Å². The van der Waals surface area contributed by atoms with Crippen molar-refractivity contribution in [3.8, 4) is 11.8 Å². The highest BCUT2D eigenvalue weighted by Gasteiger charge is 2.80. The zero-order valence-electron chi connectivity index (χ0n) is 42.4. The molecule has 0 bridgehead atoms. The zero-order chi connectivity index (χ0) is 51.7. The Balaban J connectivity index is 0.727. The van der Waals surface area contributed by atoms with Crippen LogP contribution in [0, 0.1) is 52.3 Å². The Morgan fingerprint density at radius 2 is 1.54 bits per heavy atom. The first-order valence-electron chi connectivity index (χ1n) is 25.8. The molecule has 5 fully saturated rings. The van der Waals surface area contributed by atoms with E-state index in [1.54, 1.807) is 6.92 Å². The van der Waals surface area contributed by atoms with Gasteiger partial charge in [0.25, 0.3) is 0 Å². The van der Waals surface area contributed by atoms with Gasteiger partial charge in [-0.2, -0.15) is 0 Å². The number of carbonyl (C=O) groups is 5. The second-order valence-corrected chi connectivity index (χ2v) is 24.3. The summed E-state index contributed by atoms with van der Waals surface area (Å²) in [6, 6.07) is 0. The molecule has 4 N–H and O–H groups in total. The van der Waals surface area contributed by atoms with Gasteiger partial charge >= 0.3 is 12.2 Å². The molecule has 0 spiro atoms. The molecular weight excluding hydrogens is 977 g/mol. The number of Topliss-reactive ketones (excluding diaryl/α,β-unsaturated/α-hetero) is 1. The fourth-order valence-electron chi connectivity index (χ4n) is 12.6. The SMILES string of the molecule is CCCC1O[C@@H]2C[C@H]3[C@@H]4C[C@H](F)C5=CC(=O)C=C[C@]5(C)[C@@]4(F)[C@@H](O)C[C@]3(C)[C@]2(C(=O)COC(=O)NCCSSC(C)(C)CC(=O)NCCOCCOCCOCCNC(=O)OCC2C3CCC#CCCC32)O1. The minimum absolute atomic E-state index is 0.0154. The molecule has 1 aliphatic heterocycles. The van der Waals surface area contributed by atoms with Crippen LogP contribution in [-0.4, -0.2) is 154 Å². The van der Waals surface area contributed by atoms with Gasteiger partial charge in [0, 0.05) is 66.1 Å². The van der Waals surface area contributed by atoms with Gasteiger partial charge in [-0.3, -0.25) is 14.4 Å². The second kappa shape index (κ2) is 24.6. The molecular formula is C52H75F2N3O13S2. The number of allylic oxidation sites excluding steroid dienone is 4. The number of aliphatic hydroxyl groups excluding tert-OH is 1. The Labute approximate surface area is 430 Å². The highest BCUT2D eigenvalue weighted by Crippen LogP contribution is 2.72. The van der Waals surface area contributed by atoms with Crippen molar-refractivity contribution in [3.63, 3.8) is 0 Å². The Morgan fingerprint density at radius 1 is 0.903 bits per heavy atom. The van der Waals surface area contributed by atoms with Crippen molar-refractivity contribution < 1.29 is 71.0 Å². The van der Waals surface area contributed by atoms with E-state index in [0.717, 1.165) is 31.8 Å². The predicted octanol–water partition coefficient (Wildman–Crippen LogP) is 6.37. The van der Waals surface area contributed by atoms with E-state index in [4.69, 9.17) is 33.2 Å². The number of carbonyl (C=O) groups excluding carboxylic acids is 5. The van der Waals surface area contributed by atoms with E-state index in [0.29, 0.717) is 95.7 Å². The number of ether oxygens (including phenoxy) is 7. The predicted molar refractivity (Wildman–Crippen MR) is 266 cm³/mol. The smallest absolute Gasteiger partial charge is 0.407 e. The number of alkyl halides is 2. The van der Waals surface area contributed by atoms with Gasteiger partial charge in [0.2, 0.25) is 11.7 Å². The summed E-state index contributed by atoms with van der Waals surface area (Å²) < 4.78 is 73.7. The van der Waals surface area contributed by atoms with E-state index >= 15 is 8.78 Å². The van der Waals surface area contributed by atoms with Gasteiger partial charge in [-0.05, 0) is 101 Å². The van der Waals surface area contributed by atoms with Gasteiger partial charge in [0.1, 0.15) is 6.17 Å². The Bertz CT molecular complexity index is 2070. The van der Waals surface area contributed by atoms with Crippen LogP contribution >= 0.6 is 21.6 Å². The standard InChI is InChI=1S/C52H75F2N3O13S2/c1-6-11-45-69-43-28-37-38-27-40(53)39-26-33(58)14-15-49(39,4)51(38,54)41(59)29-50(37,5)52(43,70-45)42(60)32-68-47(63)57-18-25-71-72-48(2,3)30-44(61)55-16-19-64-21-23-66-24-22-65-20-17-56-46(62)67-31-36-34-12-9-7-8-10-13-35(34)36/h14-15,26,34-38,40-41,43,45,59H,6,9-13,16-25,27-32H2,1-5H3,(H,55,61)(H,56,62)(H,57,63)/t34?,35?,36?,37-,38-,40-,41-,43+,45?,49-,50-,51-,52+/m0/s1. The molecule has 4 saturated carbocycles. The average Bonchev–Trinajstić information content (AvgIpc) is 3.70. The molecule has 12 atom stereocenters. The van der Waals surface area contributed by atoms with E-state index in [-0.39, 0.29) is 43.7 Å². The first kappa shape index (κ1) is 56.4. The van der Waals surface area contributed by atoms with Crippen molar-refractivity contribution in [2.24, 2.45) is 40.4 Å². The Hall–Kier alpha value is -3.29. The molecule has 20 heteroatoms. The topological polar surface area (TPSA) is 206 Å². The van der Waals surface area contributed by atoms with Crippen LogP contribution in [0.2, 0.25) is 0 Å². The van der Waals surface area contributed by atoms with E-state index in [1.807, 2.05) is 20.8 Å². The lowest BCUT2D eigenvalue weighted by Crippen LogP contribution is -2.71. The molecule has 16 nitrogen and oxygen atoms in total. The fourth-order valence-corrected chi connectivity index (χ4v) is 15.0. The van der Waals surface area contributed by atoms with Crippen molar-refractivity contribution in [2.75, 3.05) is 78.2 Å². The monoisotopic (exact) mass is 1050 g/mol. The second-order valence-electron chi connectivity index (χ2n) is 21.2. The molecule has 3 unspecified atom stereocenters. The van der Waals surface area contributed by atoms with E-state index in [2.05, 4.69) is 27.8 Å². The third-order valence-electron chi connectivity index (χ3n) is 16.1. The van der Waals surface area contributed by atoms with Crippen LogP contribution in [0.4, 0.5) is 18.4 Å². The number of hydrogen-bond donors (Lipinski definition) is 4. The normalized spacial score (nSPS) is 35.1. The van der Waals surface area contributed by atoms with Gasteiger partial charge in [-0.25, -0.2) is 18.4 Å². The number of fused-ring (bicyclic) bond motifs is 8. The number of halogens is 2. The first-order chi connectivity index (χ1) is 34.4. The average molecular weight is 1050 g/mol. The van der Waals surface area contributed by atoms with Gasteiger partial charge in [-0.1, -0.05) is 47.9 Å². The molecule has 7 rings (SSSR count). The third kappa shape index (κ3) is 12.4. The highest BCUT2D eigenvalue weighted by molar-refractivity contribution is 8.77. The fraction of sp³-hybridized carbons (Fsp3) is 0.788. The van der Waals surface area contributed by atoms with Crippen LogP contribution in [0.15, 0.2) is 23.8 Å². The number of hydrogen-bond acceptors (Lipinski definition) is 15. The van der Waals surface area contributed by atoms with E-state index in [9.17, 15) is 29.1 Å². The molecule has 3 amide bonds. The summed E-state index contributed by atoms with van der Waals surface area (Å²) in [6.45, 7) is 12.0. The van der Waals surface area contributed by atoms with Crippen LogP contribution in [0.5, 0.6) is 0 Å². The van der Waals surface area contributed by atoms with Crippen molar-refractivity contribution in [1.29, 1.82) is 0 Å². The van der Waals surface area contributed by atoms with Gasteiger partial charge in [-0.15, -0.1) is 11.8 Å². The first-order valence-corrected chi connectivity index (χ1v) is 28.1. The van der Waals surface area contributed by atoms with Crippen LogP contribution in [0.3, 0.4) is 0 Å². The Morgan fingerprint density at radius 3 is 2.22 bits per heavy atom. The van der Waals surface area contributed by atoms with Crippen LogP contribution < -0.4 is 16.0 Å². The molecule has 0 aromatic carbocycles. The maximum Gasteiger partial charge on any atom is 0.407 e. The van der Waals surface area contributed by atoms with Crippen molar-refractivity contribution >= 4 is 51.2 Å². The maximum absolute atomic E-state index is 17.8. The third-order valence-corrected chi connectivity index (χ3v) is 19.4. The van der Waals surface area contributed by atoms with E-state index in [1.165, 1.54) is 40.7 Å². The number of rotatable bonds is 26.